The number of carboxylic acids is 1. The van der Waals surface area contributed by atoms with E-state index in [1.165, 1.54) is 19.1 Å². The molecule has 0 unspecified atom stereocenters. The molecule has 0 bridgehead atoms. The van der Waals surface area contributed by atoms with Gasteiger partial charge in [0.1, 0.15) is 5.82 Å². The first-order valence-corrected chi connectivity index (χ1v) is 8.56. The Kier molecular flexibility index (Phi) is 5.02. The first-order chi connectivity index (χ1) is 12.9. The summed E-state index contributed by atoms with van der Waals surface area (Å²) in [5.41, 5.74) is 0.0685. The molecule has 1 aromatic carbocycles. The van der Waals surface area contributed by atoms with Gasteiger partial charge in [-0.2, -0.15) is 0 Å². The monoisotopic (exact) mass is 375 g/mol. The van der Waals surface area contributed by atoms with Crippen LogP contribution >= 0.6 is 0 Å². The molecule has 27 heavy (non-hydrogen) atoms. The molecular weight excluding hydrogens is 354 g/mol. The number of fused-ring (bicyclic) bond motifs is 1. The fraction of sp³-hybridized carbons (Fsp3) is 0.444. The summed E-state index contributed by atoms with van der Waals surface area (Å²) in [4.78, 5) is 44.5. The second-order valence-electron chi connectivity index (χ2n) is 6.38. The molecule has 9 nitrogen and oxygen atoms in total. The minimum absolute atomic E-state index is 0.0949. The maximum atomic E-state index is 12.5. The molecule has 2 aromatic rings. The summed E-state index contributed by atoms with van der Waals surface area (Å²) in [6, 6.07) is 3.15. The third-order valence-electron chi connectivity index (χ3n) is 4.72. The summed E-state index contributed by atoms with van der Waals surface area (Å²) >= 11 is 0. The molecule has 1 fully saturated rings. The van der Waals surface area contributed by atoms with Crippen LogP contribution in [-0.4, -0.2) is 52.6 Å². The van der Waals surface area contributed by atoms with Gasteiger partial charge in [-0.15, -0.1) is 0 Å². The number of aromatic amines is 1. The van der Waals surface area contributed by atoms with E-state index in [-0.39, 0.29) is 18.0 Å². The van der Waals surface area contributed by atoms with E-state index in [0.29, 0.717) is 41.2 Å². The molecule has 1 aliphatic carbocycles. The molecule has 1 saturated carbocycles. The lowest BCUT2D eigenvalue weighted by atomic mass is 10.2. The van der Waals surface area contributed by atoms with Crippen LogP contribution in [0, 0.1) is 11.8 Å². The van der Waals surface area contributed by atoms with Crippen molar-refractivity contribution in [1.82, 2.24) is 14.9 Å². The normalized spacial score (nSPS) is 18.2. The molecule has 1 amide bonds. The zero-order valence-electron chi connectivity index (χ0n) is 15.3. The Balaban J connectivity index is 1.89. The Labute approximate surface area is 154 Å². The Hall–Kier alpha value is -3.10. The van der Waals surface area contributed by atoms with Crippen molar-refractivity contribution >= 4 is 22.8 Å². The number of benzene rings is 1. The van der Waals surface area contributed by atoms with E-state index in [0.717, 1.165) is 0 Å². The van der Waals surface area contributed by atoms with Crippen molar-refractivity contribution in [2.45, 2.75) is 19.9 Å². The number of hydrogen-bond acceptors (Lipinski definition) is 6. The molecule has 3 rings (SSSR count). The van der Waals surface area contributed by atoms with Crippen LogP contribution in [0.3, 0.4) is 0 Å². The van der Waals surface area contributed by atoms with Crippen molar-refractivity contribution in [3.63, 3.8) is 0 Å². The number of carbonyl (C=O) groups excluding carboxylic acids is 1. The van der Waals surface area contributed by atoms with E-state index < -0.39 is 17.8 Å². The lowest BCUT2D eigenvalue weighted by molar-refractivity contribution is -0.142. The lowest BCUT2D eigenvalue weighted by Gasteiger charge is -2.20. The zero-order chi connectivity index (χ0) is 19.7. The molecule has 0 spiro atoms. The van der Waals surface area contributed by atoms with Crippen molar-refractivity contribution in [3.05, 3.63) is 28.3 Å². The zero-order valence-corrected chi connectivity index (χ0v) is 15.3. The largest absolute Gasteiger partial charge is 0.493 e. The Morgan fingerprint density at radius 2 is 1.93 bits per heavy atom. The number of aromatic nitrogens is 2. The van der Waals surface area contributed by atoms with Gasteiger partial charge in [0.25, 0.3) is 5.56 Å². The van der Waals surface area contributed by atoms with Crippen molar-refractivity contribution in [1.29, 1.82) is 0 Å². The van der Waals surface area contributed by atoms with E-state index in [2.05, 4.69) is 9.97 Å². The molecule has 144 valence electrons. The lowest BCUT2D eigenvalue weighted by Crippen LogP contribution is -2.33. The van der Waals surface area contributed by atoms with Crippen LogP contribution in [-0.2, 0) is 16.1 Å². The Bertz CT molecular complexity index is 954. The first kappa shape index (κ1) is 18.7. The van der Waals surface area contributed by atoms with Crippen molar-refractivity contribution in [2.24, 2.45) is 11.8 Å². The number of hydrogen-bond donors (Lipinski definition) is 2. The molecular formula is C18H21N3O6. The van der Waals surface area contributed by atoms with Crippen LogP contribution in [0.5, 0.6) is 11.5 Å². The summed E-state index contributed by atoms with van der Waals surface area (Å²) in [6.45, 7) is 2.27. The van der Waals surface area contributed by atoms with Gasteiger partial charge in [-0.1, -0.05) is 0 Å². The molecule has 9 heteroatoms. The Morgan fingerprint density at radius 3 is 2.48 bits per heavy atom. The summed E-state index contributed by atoms with van der Waals surface area (Å²) in [5.74, 6) is -1.13. The molecule has 2 N–H and O–H groups in total. The van der Waals surface area contributed by atoms with E-state index >= 15 is 0 Å². The van der Waals surface area contributed by atoms with Gasteiger partial charge in [-0.25, -0.2) is 4.98 Å². The molecule has 0 aliphatic heterocycles. The third kappa shape index (κ3) is 3.57. The smallest absolute Gasteiger partial charge is 0.307 e. The number of methoxy groups -OCH3 is 2. The molecule has 1 aromatic heterocycles. The minimum Gasteiger partial charge on any atom is -0.493 e. The average Bonchev–Trinajstić information content (AvgIpc) is 3.45. The van der Waals surface area contributed by atoms with Gasteiger partial charge in [0.05, 0.1) is 43.5 Å². The minimum atomic E-state index is -0.956. The Morgan fingerprint density at radius 1 is 1.26 bits per heavy atom. The van der Waals surface area contributed by atoms with Crippen LogP contribution in [0.1, 0.15) is 19.2 Å². The van der Waals surface area contributed by atoms with E-state index in [9.17, 15) is 14.4 Å². The summed E-state index contributed by atoms with van der Waals surface area (Å²) in [5, 5.41) is 9.36. The van der Waals surface area contributed by atoms with E-state index in [1.807, 2.05) is 0 Å². The topological polar surface area (TPSA) is 122 Å². The highest BCUT2D eigenvalue weighted by Gasteiger charge is 2.49. The van der Waals surface area contributed by atoms with Gasteiger partial charge in [0.15, 0.2) is 11.5 Å². The SMILES string of the molecule is CCN(Cc1nc2cc(OC)c(OC)cc2c(=O)[nH]1)C(=O)[C@@H]1C[C@@H]1C(=O)O. The number of aliphatic carboxylic acids is 1. The predicted octanol–water partition coefficient (Wildman–Crippen LogP) is 1.01. The summed E-state index contributed by atoms with van der Waals surface area (Å²) in [6.07, 6.45) is 0.351. The maximum Gasteiger partial charge on any atom is 0.307 e. The predicted molar refractivity (Wildman–Crippen MR) is 95.8 cm³/mol. The number of ether oxygens (including phenoxy) is 2. The number of carbonyl (C=O) groups is 2. The first-order valence-electron chi connectivity index (χ1n) is 8.56. The second-order valence-corrected chi connectivity index (χ2v) is 6.38. The quantitative estimate of drug-likeness (QED) is 0.740. The van der Waals surface area contributed by atoms with Crippen molar-refractivity contribution < 1.29 is 24.2 Å². The van der Waals surface area contributed by atoms with Crippen molar-refractivity contribution in [3.8, 4) is 11.5 Å². The summed E-state index contributed by atoms with van der Waals surface area (Å²) in [7, 11) is 2.97. The van der Waals surface area contributed by atoms with Gasteiger partial charge in [-0.05, 0) is 19.4 Å². The van der Waals surface area contributed by atoms with E-state index in [4.69, 9.17) is 14.6 Å². The standard InChI is InChI=1S/C18H21N3O6/c1-4-21(17(23)9-5-10(9)18(24)25)8-15-19-12-7-14(27-3)13(26-2)6-11(12)16(22)20-15/h6-7,9-10H,4-5,8H2,1-3H3,(H,24,25)(H,19,20,22)/t9-,10+/m1/s1. The number of amides is 1. The molecule has 2 atom stereocenters. The van der Waals surface area contributed by atoms with Gasteiger partial charge < -0.3 is 24.5 Å². The highest BCUT2D eigenvalue weighted by molar-refractivity contribution is 5.89. The molecule has 0 radical (unpaired) electrons. The van der Waals surface area contributed by atoms with Crippen LogP contribution in [0.2, 0.25) is 0 Å². The fourth-order valence-electron chi connectivity index (χ4n) is 3.09. The van der Waals surface area contributed by atoms with Gasteiger partial charge in [0.2, 0.25) is 5.91 Å². The van der Waals surface area contributed by atoms with Crippen molar-refractivity contribution in [2.75, 3.05) is 20.8 Å². The van der Waals surface area contributed by atoms with E-state index in [1.54, 1.807) is 19.1 Å². The van der Waals surface area contributed by atoms with Crippen LogP contribution < -0.4 is 15.0 Å². The number of rotatable bonds is 7. The van der Waals surface area contributed by atoms with Gasteiger partial charge in [0, 0.05) is 12.6 Å². The number of nitrogens with zero attached hydrogens (tertiary/aromatic N) is 2. The highest BCUT2D eigenvalue weighted by Crippen LogP contribution is 2.40. The van der Waals surface area contributed by atoms with Crippen LogP contribution in [0.25, 0.3) is 10.9 Å². The number of carboxylic acid groups (broad SMARTS) is 1. The third-order valence-corrected chi connectivity index (χ3v) is 4.72. The number of H-pyrrole nitrogens is 1. The molecule has 1 aliphatic rings. The number of nitrogens with one attached hydrogen (secondary N) is 1. The summed E-state index contributed by atoms with van der Waals surface area (Å²) < 4.78 is 10.4. The highest BCUT2D eigenvalue weighted by atomic mass is 16.5. The van der Waals surface area contributed by atoms with Gasteiger partial charge in [-0.3, -0.25) is 14.4 Å². The fourth-order valence-corrected chi connectivity index (χ4v) is 3.09. The van der Waals surface area contributed by atoms with Crippen LogP contribution in [0.15, 0.2) is 16.9 Å². The molecule has 0 saturated heterocycles. The van der Waals surface area contributed by atoms with Crippen LogP contribution in [0.4, 0.5) is 0 Å². The van der Waals surface area contributed by atoms with Gasteiger partial charge >= 0.3 is 5.97 Å². The maximum absolute atomic E-state index is 12.5. The molecule has 1 heterocycles. The average molecular weight is 375 g/mol. The second kappa shape index (κ2) is 7.26.